The monoisotopic (exact) mass is 347 g/mol. The summed E-state index contributed by atoms with van der Waals surface area (Å²) in [6, 6.07) is 6.24. The molecule has 0 aliphatic carbocycles. The van der Waals surface area contributed by atoms with Crippen LogP contribution in [0.25, 0.3) is 0 Å². The first kappa shape index (κ1) is 17.3. The number of carbonyl (C=O) groups is 1. The molecule has 1 aliphatic heterocycles. The molecule has 0 saturated heterocycles. The van der Waals surface area contributed by atoms with Crippen LogP contribution in [0.1, 0.15) is 38.2 Å². The average molecular weight is 347 g/mol. The molecule has 1 unspecified atom stereocenters. The van der Waals surface area contributed by atoms with Crippen molar-refractivity contribution < 1.29 is 13.9 Å². The molecule has 0 bridgehead atoms. The molecule has 1 N–H and O–H groups in total. The van der Waals surface area contributed by atoms with E-state index in [0.717, 1.165) is 11.4 Å². The van der Waals surface area contributed by atoms with Gasteiger partial charge in [-0.05, 0) is 45.5 Å². The van der Waals surface area contributed by atoms with E-state index in [1.165, 1.54) is 12.1 Å². The van der Waals surface area contributed by atoms with Gasteiger partial charge in [-0.15, -0.1) is 5.10 Å². The van der Waals surface area contributed by atoms with Crippen molar-refractivity contribution in [3.63, 3.8) is 0 Å². The zero-order valence-electron chi connectivity index (χ0n) is 14.8. The van der Waals surface area contributed by atoms with Gasteiger partial charge in [0.2, 0.25) is 0 Å². The number of ether oxygens (including phenoxy) is 1. The van der Waals surface area contributed by atoms with E-state index in [9.17, 15) is 9.18 Å². The van der Waals surface area contributed by atoms with Gasteiger partial charge < -0.3 is 4.74 Å². The van der Waals surface area contributed by atoms with E-state index in [0.29, 0.717) is 13.1 Å². The molecule has 8 heteroatoms. The van der Waals surface area contributed by atoms with Crippen LogP contribution >= 0.6 is 0 Å². The molecule has 134 valence electrons. The Morgan fingerprint density at radius 2 is 2.00 bits per heavy atom. The van der Waals surface area contributed by atoms with Crippen molar-refractivity contribution >= 4 is 12.0 Å². The fourth-order valence-corrected chi connectivity index (χ4v) is 2.77. The zero-order valence-corrected chi connectivity index (χ0v) is 14.8. The Hall–Kier alpha value is -2.48. The van der Waals surface area contributed by atoms with Crippen LogP contribution in [-0.2, 0) is 11.3 Å². The maximum absolute atomic E-state index is 13.2. The van der Waals surface area contributed by atoms with Gasteiger partial charge in [0, 0.05) is 6.54 Å². The van der Waals surface area contributed by atoms with E-state index in [1.54, 1.807) is 37.6 Å². The smallest absolute Gasteiger partial charge is 0.414 e. The molecule has 1 atom stereocenters. The number of carbonyl (C=O) groups excluding carboxylic acids is 1. The molecule has 1 aromatic heterocycles. The number of anilines is 1. The molecule has 2 heterocycles. The third kappa shape index (κ3) is 4.14. The summed E-state index contributed by atoms with van der Waals surface area (Å²) < 4.78 is 20.2. The fraction of sp³-hybridized carbons (Fsp3) is 0.471. The van der Waals surface area contributed by atoms with Gasteiger partial charge in [-0.1, -0.05) is 12.1 Å². The molecule has 0 saturated carbocycles. The summed E-state index contributed by atoms with van der Waals surface area (Å²) in [5.41, 5.74) is 0.336. The van der Waals surface area contributed by atoms with Gasteiger partial charge in [-0.3, -0.25) is 10.2 Å². The summed E-state index contributed by atoms with van der Waals surface area (Å²) >= 11 is 0. The van der Waals surface area contributed by atoms with Crippen molar-refractivity contribution in [3.05, 3.63) is 41.5 Å². The second-order valence-electron chi connectivity index (χ2n) is 7.19. The minimum atomic E-state index is -0.597. The van der Waals surface area contributed by atoms with Crippen molar-refractivity contribution in [2.75, 3.05) is 18.9 Å². The summed E-state index contributed by atoms with van der Waals surface area (Å²) in [5, 5.41) is 6.98. The normalized spacial score (nSPS) is 17.9. The molecule has 0 spiro atoms. The fourth-order valence-electron chi connectivity index (χ4n) is 2.77. The highest BCUT2D eigenvalue weighted by Gasteiger charge is 2.28. The van der Waals surface area contributed by atoms with Gasteiger partial charge in [0.15, 0.2) is 0 Å². The topological polar surface area (TPSA) is 72.3 Å². The van der Waals surface area contributed by atoms with Crippen LogP contribution in [0.3, 0.4) is 0 Å². The predicted molar refractivity (Wildman–Crippen MR) is 90.8 cm³/mol. The van der Waals surface area contributed by atoms with E-state index >= 15 is 0 Å². The van der Waals surface area contributed by atoms with Crippen molar-refractivity contribution in [1.29, 1.82) is 0 Å². The van der Waals surface area contributed by atoms with Crippen molar-refractivity contribution in [1.82, 2.24) is 19.7 Å². The minimum absolute atomic E-state index is 0.101. The Morgan fingerprint density at radius 1 is 1.32 bits per heavy atom. The number of fused-ring (bicyclic) bond motifs is 1. The van der Waals surface area contributed by atoms with Crippen LogP contribution in [0.2, 0.25) is 0 Å². The highest BCUT2D eigenvalue weighted by atomic mass is 19.1. The van der Waals surface area contributed by atoms with Gasteiger partial charge in [0.1, 0.15) is 17.2 Å². The number of amides is 1. The number of benzene rings is 1. The molecular formula is C17H22FN5O2. The lowest BCUT2D eigenvalue weighted by Gasteiger charge is -2.30. The highest BCUT2D eigenvalue weighted by molar-refractivity contribution is 5.82. The van der Waals surface area contributed by atoms with Crippen LogP contribution in [-0.4, -0.2) is 45.0 Å². The Kier molecular flexibility index (Phi) is 4.47. The number of hydrogen-bond donors (Lipinski definition) is 1. The molecule has 1 aromatic carbocycles. The van der Waals surface area contributed by atoms with E-state index in [2.05, 4.69) is 20.3 Å². The van der Waals surface area contributed by atoms with Gasteiger partial charge in [-0.25, -0.2) is 13.9 Å². The average Bonchev–Trinajstić information content (AvgIpc) is 2.87. The van der Waals surface area contributed by atoms with Gasteiger partial charge in [0.25, 0.3) is 5.95 Å². The van der Waals surface area contributed by atoms with E-state index in [1.807, 2.05) is 7.05 Å². The molecular weight excluding hydrogens is 325 g/mol. The van der Waals surface area contributed by atoms with Gasteiger partial charge in [0.05, 0.1) is 12.6 Å². The van der Waals surface area contributed by atoms with E-state index in [4.69, 9.17) is 4.74 Å². The number of aromatic nitrogens is 3. The third-order valence-electron chi connectivity index (χ3n) is 3.76. The number of nitrogens with one attached hydrogen (secondary N) is 1. The largest absolute Gasteiger partial charge is 0.444 e. The quantitative estimate of drug-likeness (QED) is 0.904. The Bertz CT molecular complexity index is 766. The minimum Gasteiger partial charge on any atom is -0.444 e. The lowest BCUT2D eigenvalue weighted by atomic mass is 10.1. The van der Waals surface area contributed by atoms with Gasteiger partial charge >= 0.3 is 6.09 Å². The first-order valence-corrected chi connectivity index (χ1v) is 8.11. The first-order valence-electron chi connectivity index (χ1n) is 8.11. The lowest BCUT2D eigenvalue weighted by molar-refractivity contribution is 0.0634. The first-order chi connectivity index (χ1) is 11.7. The van der Waals surface area contributed by atoms with E-state index in [-0.39, 0.29) is 17.8 Å². The maximum atomic E-state index is 13.2. The highest BCUT2D eigenvalue weighted by Crippen LogP contribution is 2.26. The molecule has 25 heavy (non-hydrogen) atoms. The maximum Gasteiger partial charge on any atom is 0.414 e. The predicted octanol–water partition coefficient (Wildman–Crippen LogP) is 2.80. The van der Waals surface area contributed by atoms with Crippen molar-refractivity contribution in [2.45, 2.75) is 39.0 Å². The molecule has 0 radical (unpaired) electrons. The zero-order chi connectivity index (χ0) is 18.2. The van der Waals surface area contributed by atoms with Crippen LogP contribution in [0.5, 0.6) is 0 Å². The molecule has 2 aromatic rings. The van der Waals surface area contributed by atoms with Crippen LogP contribution < -0.4 is 5.32 Å². The number of halogens is 1. The number of nitrogens with zero attached hydrogens (tertiary/aromatic N) is 4. The molecule has 3 rings (SSSR count). The van der Waals surface area contributed by atoms with Gasteiger partial charge in [-0.2, -0.15) is 4.98 Å². The summed E-state index contributed by atoms with van der Waals surface area (Å²) in [5.74, 6) is 0.653. The summed E-state index contributed by atoms with van der Waals surface area (Å²) in [6.07, 6.45) is -0.595. The standard InChI is InChI=1S/C17H22FN5O2/c1-17(2,3)25-16(24)20-15-19-14-10-22(4)9-13(23(14)21-15)11-5-7-12(18)8-6-11/h5-8,13H,9-10H2,1-4H3,(H,20,21,24). The summed E-state index contributed by atoms with van der Waals surface area (Å²) in [7, 11) is 1.98. The third-order valence-corrected chi connectivity index (χ3v) is 3.76. The van der Waals surface area contributed by atoms with Crippen LogP contribution in [0.15, 0.2) is 24.3 Å². The second kappa shape index (κ2) is 6.44. The second-order valence-corrected chi connectivity index (χ2v) is 7.19. The van der Waals surface area contributed by atoms with Crippen LogP contribution in [0.4, 0.5) is 15.1 Å². The van der Waals surface area contributed by atoms with Crippen molar-refractivity contribution in [3.8, 4) is 0 Å². The molecule has 1 aliphatic rings. The lowest BCUT2D eigenvalue weighted by Crippen LogP contribution is -2.36. The summed E-state index contributed by atoms with van der Waals surface area (Å²) in [6.45, 7) is 6.70. The van der Waals surface area contributed by atoms with Crippen molar-refractivity contribution in [2.24, 2.45) is 0 Å². The molecule has 0 fully saturated rings. The number of rotatable bonds is 2. The Morgan fingerprint density at radius 3 is 2.64 bits per heavy atom. The van der Waals surface area contributed by atoms with E-state index < -0.39 is 11.7 Å². The van der Waals surface area contributed by atoms with Crippen LogP contribution in [0, 0.1) is 5.82 Å². The summed E-state index contributed by atoms with van der Waals surface area (Å²) in [4.78, 5) is 18.4. The molecule has 1 amide bonds. The number of hydrogen-bond acceptors (Lipinski definition) is 5. The molecule has 7 nitrogen and oxygen atoms in total. The Balaban J connectivity index is 1.84. The number of likely N-dealkylation sites (N-methyl/N-ethyl adjacent to an activating group) is 1. The SMILES string of the molecule is CN1Cc2nc(NC(=O)OC(C)(C)C)nn2C(c2ccc(F)cc2)C1. The Labute approximate surface area is 145 Å².